The van der Waals surface area contributed by atoms with Crippen LogP contribution in [0.1, 0.15) is 27.2 Å². The molecule has 0 saturated heterocycles. The third-order valence-electron chi connectivity index (χ3n) is 3.34. The second kappa shape index (κ2) is 8.99. The van der Waals surface area contributed by atoms with E-state index in [1.54, 1.807) is 25.3 Å². The van der Waals surface area contributed by atoms with Crippen LogP contribution >= 0.6 is 11.8 Å². The maximum Gasteiger partial charge on any atom is 0.335 e. The Hall–Kier alpha value is -2.89. The van der Waals surface area contributed by atoms with Gasteiger partial charge in [-0.3, -0.25) is 4.79 Å². The van der Waals surface area contributed by atoms with Crippen LogP contribution in [0, 0.1) is 18.3 Å². The predicted octanol–water partition coefficient (Wildman–Crippen LogP) is 2.84. The summed E-state index contributed by atoms with van der Waals surface area (Å²) in [5.41, 5.74) is 2.33. The first kappa shape index (κ1) is 19.4. The van der Waals surface area contributed by atoms with Gasteiger partial charge in [-0.1, -0.05) is 17.8 Å². The van der Waals surface area contributed by atoms with E-state index < -0.39 is 5.97 Å². The summed E-state index contributed by atoms with van der Waals surface area (Å²) in [7, 11) is 1.54. The molecule has 8 heteroatoms. The van der Waals surface area contributed by atoms with Gasteiger partial charge in [0.1, 0.15) is 11.1 Å². The lowest BCUT2D eigenvalue weighted by molar-refractivity contribution is -0.113. The van der Waals surface area contributed by atoms with E-state index in [0.29, 0.717) is 16.3 Å². The van der Waals surface area contributed by atoms with Gasteiger partial charge in [-0.25, -0.2) is 9.78 Å². The number of anilines is 1. The number of hydrogen-bond donors (Lipinski definition) is 2. The fourth-order valence-electron chi connectivity index (χ4n) is 2.26. The highest BCUT2D eigenvalue weighted by Crippen LogP contribution is 2.25. The molecular weight excluding hydrogens is 354 g/mol. The van der Waals surface area contributed by atoms with Gasteiger partial charge in [0.05, 0.1) is 23.5 Å². The van der Waals surface area contributed by atoms with Crippen molar-refractivity contribution in [2.45, 2.75) is 18.6 Å². The minimum absolute atomic E-state index is 0.0366. The standard InChI is InChI=1S/C18H17N3O4S/c1-11-6-13(9-25-2)15(8-19)17(20-11)26-10-16(22)21-14-5-3-4-12(7-14)18(23)24/h3-7H,9-10H2,1-2H3,(H,21,22)(H,23,24). The van der Waals surface area contributed by atoms with Crippen LogP contribution in [0.4, 0.5) is 5.69 Å². The van der Waals surface area contributed by atoms with Crippen molar-refractivity contribution < 1.29 is 19.4 Å². The number of carboxylic acid groups (broad SMARTS) is 1. The Morgan fingerprint density at radius 1 is 1.38 bits per heavy atom. The Morgan fingerprint density at radius 3 is 2.81 bits per heavy atom. The highest BCUT2D eigenvalue weighted by Gasteiger charge is 2.14. The maximum absolute atomic E-state index is 12.1. The number of methoxy groups -OCH3 is 1. The summed E-state index contributed by atoms with van der Waals surface area (Å²) in [6.45, 7) is 2.09. The average Bonchev–Trinajstić information content (AvgIpc) is 2.60. The van der Waals surface area contributed by atoms with E-state index in [-0.39, 0.29) is 23.8 Å². The number of rotatable bonds is 7. The molecule has 0 aliphatic heterocycles. The zero-order valence-electron chi connectivity index (χ0n) is 14.3. The summed E-state index contributed by atoms with van der Waals surface area (Å²) in [6.07, 6.45) is 0. The smallest absolute Gasteiger partial charge is 0.335 e. The number of nitrogens with zero attached hydrogens (tertiary/aromatic N) is 2. The van der Waals surface area contributed by atoms with Crippen molar-refractivity contribution in [1.29, 1.82) is 5.26 Å². The molecular formula is C18H17N3O4S. The van der Waals surface area contributed by atoms with E-state index in [2.05, 4.69) is 16.4 Å². The SMILES string of the molecule is COCc1cc(C)nc(SCC(=O)Nc2cccc(C(=O)O)c2)c1C#N. The summed E-state index contributed by atoms with van der Waals surface area (Å²) in [5.74, 6) is -1.35. The maximum atomic E-state index is 12.1. The number of hydrogen-bond acceptors (Lipinski definition) is 6. The van der Waals surface area contributed by atoms with Crippen LogP contribution in [-0.2, 0) is 16.1 Å². The largest absolute Gasteiger partial charge is 0.478 e. The number of aromatic carboxylic acids is 1. The number of aryl methyl sites for hydroxylation is 1. The number of thioether (sulfide) groups is 1. The number of carbonyl (C=O) groups is 2. The Kier molecular flexibility index (Phi) is 6.72. The summed E-state index contributed by atoms with van der Waals surface area (Å²) < 4.78 is 5.10. The van der Waals surface area contributed by atoms with Gasteiger partial charge < -0.3 is 15.2 Å². The molecule has 26 heavy (non-hydrogen) atoms. The third kappa shape index (κ3) is 5.05. The lowest BCUT2D eigenvalue weighted by Gasteiger charge is -2.10. The summed E-state index contributed by atoms with van der Waals surface area (Å²) in [5, 5.41) is 21.5. The molecule has 2 aromatic rings. The van der Waals surface area contributed by atoms with E-state index in [1.165, 1.54) is 12.1 Å². The molecule has 134 valence electrons. The van der Waals surface area contributed by atoms with E-state index in [9.17, 15) is 14.9 Å². The fourth-order valence-corrected chi connectivity index (χ4v) is 3.13. The molecule has 0 spiro atoms. The zero-order valence-corrected chi connectivity index (χ0v) is 15.1. The fraction of sp³-hybridized carbons (Fsp3) is 0.222. The Balaban J connectivity index is 2.09. The van der Waals surface area contributed by atoms with E-state index in [0.717, 1.165) is 23.0 Å². The molecule has 1 aromatic carbocycles. The summed E-state index contributed by atoms with van der Waals surface area (Å²) in [6, 6.07) is 9.88. The highest BCUT2D eigenvalue weighted by molar-refractivity contribution is 8.00. The Labute approximate surface area is 155 Å². The van der Waals surface area contributed by atoms with Crippen LogP contribution in [0.2, 0.25) is 0 Å². The van der Waals surface area contributed by atoms with Crippen molar-refractivity contribution in [1.82, 2.24) is 4.98 Å². The lowest BCUT2D eigenvalue weighted by Crippen LogP contribution is -2.15. The van der Waals surface area contributed by atoms with E-state index >= 15 is 0 Å². The molecule has 0 aliphatic rings. The number of aromatic nitrogens is 1. The first-order valence-corrected chi connectivity index (χ1v) is 8.58. The average molecular weight is 371 g/mol. The molecule has 2 N–H and O–H groups in total. The van der Waals surface area contributed by atoms with Crippen LogP contribution in [0.3, 0.4) is 0 Å². The number of pyridine rings is 1. The first-order valence-electron chi connectivity index (χ1n) is 7.60. The van der Waals surface area contributed by atoms with Crippen molar-refractivity contribution in [3.63, 3.8) is 0 Å². The molecule has 7 nitrogen and oxygen atoms in total. The lowest BCUT2D eigenvalue weighted by atomic mass is 10.1. The second-order valence-electron chi connectivity index (χ2n) is 5.37. The first-order chi connectivity index (χ1) is 12.4. The molecule has 0 unspecified atom stereocenters. The van der Waals surface area contributed by atoms with Crippen LogP contribution in [0.25, 0.3) is 0 Å². The van der Waals surface area contributed by atoms with Crippen LogP contribution in [-0.4, -0.2) is 34.8 Å². The quantitative estimate of drug-likeness (QED) is 0.720. The molecule has 1 heterocycles. The molecule has 0 fully saturated rings. The monoisotopic (exact) mass is 371 g/mol. The number of nitrogens with one attached hydrogen (secondary N) is 1. The molecule has 0 radical (unpaired) electrons. The van der Waals surface area contributed by atoms with Gasteiger partial charge in [0.2, 0.25) is 5.91 Å². The molecule has 0 atom stereocenters. The summed E-state index contributed by atoms with van der Waals surface area (Å²) >= 11 is 1.15. The van der Waals surface area contributed by atoms with Gasteiger partial charge in [-0.15, -0.1) is 0 Å². The van der Waals surface area contributed by atoms with Gasteiger partial charge >= 0.3 is 5.97 Å². The van der Waals surface area contributed by atoms with Crippen LogP contribution in [0.5, 0.6) is 0 Å². The number of nitriles is 1. The zero-order chi connectivity index (χ0) is 19.1. The van der Waals surface area contributed by atoms with Crippen LogP contribution < -0.4 is 5.32 Å². The molecule has 1 aromatic heterocycles. The van der Waals surface area contributed by atoms with E-state index in [4.69, 9.17) is 9.84 Å². The number of benzene rings is 1. The van der Waals surface area contributed by atoms with Gasteiger partial charge in [-0.05, 0) is 36.8 Å². The Bertz CT molecular complexity index is 877. The van der Waals surface area contributed by atoms with Crippen molar-refractivity contribution in [2.24, 2.45) is 0 Å². The molecule has 0 bridgehead atoms. The van der Waals surface area contributed by atoms with Gasteiger partial charge in [0.25, 0.3) is 0 Å². The van der Waals surface area contributed by atoms with Crippen molar-refractivity contribution >= 4 is 29.3 Å². The Morgan fingerprint density at radius 2 is 2.15 bits per heavy atom. The normalized spacial score (nSPS) is 10.2. The molecule has 1 amide bonds. The van der Waals surface area contributed by atoms with Crippen molar-refractivity contribution in [3.05, 3.63) is 52.7 Å². The minimum Gasteiger partial charge on any atom is -0.478 e. The highest BCUT2D eigenvalue weighted by atomic mass is 32.2. The molecule has 0 saturated carbocycles. The predicted molar refractivity (Wildman–Crippen MR) is 97.2 cm³/mol. The minimum atomic E-state index is -1.07. The van der Waals surface area contributed by atoms with Gasteiger partial charge in [-0.2, -0.15) is 5.26 Å². The topological polar surface area (TPSA) is 112 Å². The van der Waals surface area contributed by atoms with Crippen molar-refractivity contribution in [2.75, 3.05) is 18.2 Å². The van der Waals surface area contributed by atoms with Gasteiger partial charge in [0, 0.05) is 18.5 Å². The second-order valence-corrected chi connectivity index (χ2v) is 6.33. The number of ether oxygens (including phenoxy) is 1. The number of amides is 1. The summed E-state index contributed by atoms with van der Waals surface area (Å²) in [4.78, 5) is 27.4. The van der Waals surface area contributed by atoms with Crippen molar-refractivity contribution in [3.8, 4) is 6.07 Å². The number of carboxylic acids is 1. The molecule has 2 rings (SSSR count). The van der Waals surface area contributed by atoms with Gasteiger partial charge in [0.15, 0.2) is 0 Å². The molecule has 0 aliphatic carbocycles. The number of carbonyl (C=O) groups excluding carboxylic acids is 1. The third-order valence-corrected chi connectivity index (χ3v) is 4.32. The van der Waals surface area contributed by atoms with E-state index in [1.807, 2.05) is 6.92 Å². The van der Waals surface area contributed by atoms with Crippen LogP contribution in [0.15, 0.2) is 35.4 Å².